The first-order valence-electron chi connectivity index (χ1n) is 8.92. The normalized spacial score (nSPS) is 10.9. The first kappa shape index (κ1) is 20.8. The van der Waals surface area contributed by atoms with Crippen molar-refractivity contribution in [2.45, 2.75) is 40.2 Å². The number of pyridine rings is 1. The second-order valence-electron chi connectivity index (χ2n) is 7.19. The first-order chi connectivity index (χ1) is 13.2. The molecule has 0 unspecified atom stereocenters. The molecule has 2 rings (SSSR count). The highest BCUT2D eigenvalue weighted by Crippen LogP contribution is 2.21. The number of amides is 1. The zero-order chi connectivity index (χ0) is 21.0. The summed E-state index contributed by atoms with van der Waals surface area (Å²) in [6, 6.07) is 5.19. The van der Waals surface area contributed by atoms with Crippen LogP contribution in [-0.2, 0) is 6.54 Å². The van der Waals surface area contributed by atoms with Crippen molar-refractivity contribution in [1.29, 1.82) is 10.5 Å². The highest BCUT2D eigenvalue weighted by Gasteiger charge is 2.24. The minimum atomic E-state index is -0.722. The van der Waals surface area contributed by atoms with Crippen LogP contribution in [0.15, 0.2) is 15.7 Å². The highest BCUT2D eigenvalue weighted by molar-refractivity contribution is 6.05. The molecule has 0 radical (unpaired) electrons. The number of carbonyl (C=O) groups is 1. The molecule has 0 aliphatic rings. The fraction of sp³-hybridized carbons (Fsp3) is 0.474. The number of hydrogen-bond acceptors (Lipinski definition) is 6. The second kappa shape index (κ2) is 8.49. The minimum absolute atomic E-state index is 0.0180. The molecule has 0 aliphatic heterocycles. The molecule has 9 heteroatoms. The Morgan fingerprint density at radius 3 is 2.32 bits per heavy atom. The number of carbonyl (C=O) groups excluding carboxylic acids is 1. The third-order valence-electron chi connectivity index (χ3n) is 4.15. The predicted octanol–water partition coefficient (Wildman–Crippen LogP) is 1.35. The van der Waals surface area contributed by atoms with Crippen LogP contribution in [0.3, 0.4) is 0 Å². The lowest BCUT2D eigenvalue weighted by Crippen LogP contribution is -2.36. The van der Waals surface area contributed by atoms with Crippen molar-refractivity contribution in [1.82, 2.24) is 19.4 Å². The molecule has 0 saturated carbocycles. The summed E-state index contributed by atoms with van der Waals surface area (Å²) in [6.07, 6.45) is 0. The van der Waals surface area contributed by atoms with E-state index in [-0.39, 0.29) is 41.5 Å². The average Bonchev–Trinajstić information content (AvgIpc) is 2.63. The summed E-state index contributed by atoms with van der Waals surface area (Å²) >= 11 is 0. The molecule has 9 nitrogen and oxygen atoms in total. The summed E-state index contributed by atoms with van der Waals surface area (Å²) < 4.78 is 1.35. The quantitative estimate of drug-likeness (QED) is 0.749. The molecule has 0 aromatic carbocycles. The summed E-state index contributed by atoms with van der Waals surface area (Å²) in [5.74, 6) is -0.597. The molecule has 2 aromatic heterocycles. The number of aromatic amines is 1. The van der Waals surface area contributed by atoms with Crippen LogP contribution in [0.1, 0.15) is 49.7 Å². The van der Waals surface area contributed by atoms with Crippen LogP contribution in [0.25, 0.3) is 11.0 Å². The Bertz CT molecular complexity index is 1080. The van der Waals surface area contributed by atoms with Gasteiger partial charge >= 0.3 is 5.69 Å². The first-order valence-corrected chi connectivity index (χ1v) is 8.92. The number of nitriles is 2. The molecule has 1 N–H and O–H groups in total. The summed E-state index contributed by atoms with van der Waals surface area (Å²) in [5.41, 5.74) is -0.625. The SMILES string of the molecule is CC(C)Cn1c(=O)[nH]c(=O)c2c(C(=O)N(CC#N)CC#N)cc(C(C)C)nc21. The van der Waals surface area contributed by atoms with Gasteiger partial charge in [-0.3, -0.25) is 19.1 Å². The lowest BCUT2D eigenvalue weighted by atomic mass is 10.0. The molecule has 0 aliphatic carbocycles. The molecule has 28 heavy (non-hydrogen) atoms. The van der Waals surface area contributed by atoms with Crippen molar-refractivity contribution >= 4 is 16.9 Å². The number of nitrogens with zero attached hydrogens (tertiary/aromatic N) is 5. The van der Waals surface area contributed by atoms with Crippen LogP contribution >= 0.6 is 0 Å². The maximum Gasteiger partial charge on any atom is 0.330 e. The van der Waals surface area contributed by atoms with Crippen LogP contribution < -0.4 is 11.2 Å². The van der Waals surface area contributed by atoms with Crippen molar-refractivity contribution in [3.8, 4) is 12.1 Å². The molecule has 0 bridgehead atoms. The van der Waals surface area contributed by atoms with Crippen LogP contribution in [0.5, 0.6) is 0 Å². The molecule has 0 spiro atoms. The van der Waals surface area contributed by atoms with Gasteiger partial charge in [0, 0.05) is 12.2 Å². The van der Waals surface area contributed by atoms with E-state index in [1.54, 1.807) is 0 Å². The van der Waals surface area contributed by atoms with Crippen LogP contribution in [0.4, 0.5) is 0 Å². The fourth-order valence-corrected chi connectivity index (χ4v) is 2.83. The van der Waals surface area contributed by atoms with Crippen molar-refractivity contribution in [3.63, 3.8) is 0 Å². The minimum Gasteiger partial charge on any atom is -0.312 e. The fourth-order valence-electron chi connectivity index (χ4n) is 2.83. The van der Waals surface area contributed by atoms with E-state index in [1.165, 1.54) is 10.6 Å². The predicted molar refractivity (Wildman–Crippen MR) is 103 cm³/mol. The van der Waals surface area contributed by atoms with E-state index in [9.17, 15) is 14.4 Å². The van der Waals surface area contributed by atoms with Gasteiger partial charge in [0.15, 0.2) is 5.65 Å². The Labute approximate surface area is 161 Å². The third kappa shape index (κ3) is 4.09. The molecular formula is C19H22N6O3. The Morgan fingerprint density at radius 2 is 1.82 bits per heavy atom. The number of hydrogen-bond donors (Lipinski definition) is 1. The Hall–Kier alpha value is -3.46. The molecule has 2 heterocycles. The number of aromatic nitrogens is 3. The lowest BCUT2D eigenvalue weighted by molar-refractivity contribution is 0.0796. The summed E-state index contributed by atoms with van der Waals surface area (Å²) in [6.45, 7) is 7.32. The zero-order valence-corrected chi connectivity index (χ0v) is 16.3. The third-order valence-corrected chi connectivity index (χ3v) is 4.15. The Balaban J connectivity index is 2.91. The number of H-pyrrole nitrogens is 1. The van der Waals surface area contributed by atoms with Crippen LogP contribution in [0, 0.1) is 28.6 Å². The van der Waals surface area contributed by atoms with E-state index in [2.05, 4.69) is 9.97 Å². The molecule has 0 fully saturated rings. The van der Waals surface area contributed by atoms with Crippen molar-refractivity contribution < 1.29 is 4.79 Å². The molecule has 0 saturated heterocycles. The Kier molecular flexibility index (Phi) is 6.32. The van der Waals surface area contributed by atoms with Gasteiger partial charge in [-0.15, -0.1) is 0 Å². The number of fused-ring (bicyclic) bond motifs is 1. The van der Waals surface area contributed by atoms with Gasteiger partial charge in [-0.25, -0.2) is 9.78 Å². The zero-order valence-electron chi connectivity index (χ0n) is 16.3. The van der Waals surface area contributed by atoms with Gasteiger partial charge < -0.3 is 4.90 Å². The van der Waals surface area contributed by atoms with Crippen molar-refractivity contribution in [2.24, 2.45) is 5.92 Å². The standard InChI is InChI=1S/C19H22N6O3/c1-11(2)10-25-16-15(17(26)23-19(25)28)13(9-14(22-16)12(3)4)18(27)24(7-5-20)8-6-21/h9,11-12H,7-8,10H2,1-4H3,(H,23,26,28). The van der Waals surface area contributed by atoms with E-state index < -0.39 is 17.2 Å². The van der Waals surface area contributed by atoms with Gasteiger partial charge in [0.05, 0.1) is 23.1 Å². The number of rotatable bonds is 6. The maximum atomic E-state index is 13.0. The number of nitrogens with one attached hydrogen (secondary N) is 1. The van der Waals surface area contributed by atoms with E-state index >= 15 is 0 Å². The van der Waals surface area contributed by atoms with Gasteiger partial charge in [0.2, 0.25) is 0 Å². The molecular weight excluding hydrogens is 360 g/mol. The van der Waals surface area contributed by atoms with Gasteiger partial charge in [0.25, 0.3) is 11.5 Å². The lowest BCUT2D eigenvalue weighted by Gasteiger charge is -2.19. The largest absolute Gasteiger partial charge is 0.330 e. The summed E-state index contributed by atoms with van der Waals surface area (Å²) in [7, 11) is 0. The van der Waals surface area contributed by atoms with Gasteiger partial charge in [0.1, 0.15) is 13.1 Å². The Morgan fingerprint density at radius 1 is 1.21 bits per heavy atom. The van der Waals surface area contributed by atoms with Gasteiger partial charge in [-0.2, -0.15) is 10.5 Å². The molecule has 146 valence electrons. The maximum absolute atomic E-state index is 13.0. The van der Waals surface area contributed by atoms with E-state index in [0.29, 0.717) is 12.2 Å². The summed E-state index contributed by atoms with van der Waals surface area (Å²) in [5, 5.41) is 17.9. The van der Waals surface area contributed by atoms with E-state index in [0.717, 1.165) is 4.90 Å². The van der Waals surface area contributed by atoms with Crippen molar-refractivity contribution in [3.05, 3.63) is 38.2 Å². The van der Waals surface area contributed by atoms with E-state index in [4.69, 9.17) is 10.5 Å². The van der Waals surface area contributed by atoms with E-state index in [1.807, 2.05) is 39.8 Å². The van der Waals surface area contributed by atoms with Gasteiger partial charge in [-0.05, 0) is 17.9 Å². The van der Waals surface area contributed by atoms with Crippen molar-refractivity contribution in [2.75, 3.05) is 13.1 Å². The molecule has 0 atom stereocenters. The monoisotopic (exact) mass is 382 g/mol. The topological polar surface area (TPSA) is 136 Å². The summed E-state index contributed by atoms with van der Waals surface area (Å²) in [4.78, 5) is 45.8. The average molecular weight is 382 g/mol. The molecule has 1 amide bonds. The molecule has 2 aromatic rings. The second-order valence-corrected chi connectivity index (χ2v) is 7.19. The van der Waals surface area contributed by atoms with Crippen LogP contribution in [0.2, 0.25) is 0 Å². The highest BCUT2D eigenvalue weighted by atomic mass is 16.2. The van der Waals surface area contributed by atoms with Gasteiger partial charge in [-0.1, -0.05) is 27.7 Å². The van der Waals surface area contributed by atoms with Crippen LogP contribution in [-0.4, -0.2) is 38.4 Å². The smallest absolute Gasteiger partial charge is 0.312 e.